The first-order valence-corrected chi connectivity index (χ1v) is 7.44. The highest BCUT2D eigenvalue weighted by molar-refractivity contribution is 6.07. The Bertz CT molecular complexity index is 1160. The molecule has 0 radical (unpaired) electrons. The maximum absolute atomic E-state index is 8.26. The quantitative estimate of drug-likeness (QED) is 0.492. The lowest BCUT2D eigenvalue weighted by atomic mass is 9.99. The highest BCUT2D eigenvalue weighted by Crippen LogP contribution is 2.34. The maximum atomic E-state index is 8.26. The fourth-order valence-corrected chi connectivity index (χ4v) is 2.77. The summed E-state index contributed by atoms with van der Waals surface area (Å²) in [5.74, 6) is -0.728. The molecule has 0 amide bonds. The molecule has 0 aliphatic heterocycles. The van der Waals surface area contributed by atoms with Gasteiger partial charge in [-0.3, -0.25) is 4.98 Å². The lowest BCUT2D eigenvalue weighted by molar-refractivity contribution is 0.652. The molecule has 0 N–H and O–H groups in total. The highest BCUT2D eigenvalue weighted by atomic mass is 16.3. The fraction of sp³-hybridized carbons (Fsp3) is 0.200. The zero-order chi connectivity index (χ0) is 19.4. The minimum atomic E-state index is -2.29. The van der Waals surface area contributed by atoms with Gasteiger partial charge in [0.25, 0.3) is 0 Å². The monoisotopic (exact) mass is 306 g/mol. The van der Waals surface area contributed by atoms with Gasteiger partial charge in [-0.2, -0.15) is 0 Å². The Morgan fingerprint density at radius 1 is 1.13 bits per heavy atom. The average Bonchev–Trinajstić information content (AvgIpc) is 2.98. The second-order valence-corrected chi connectivity index (χ2v) is 5.77. The Hall–Kier alpha value is -2.68. The average molecular weight is 306 g/mol. The molecular formula is C20H18N2O. The van der Waals surface area contributed by atoms with Crippen LogP contribution >= 0.6 is 0 Å². The number of rotatable bonds is 2. The van der Waals surface area contributed by atoms with Crippen LogP contribution in [0.25, 0.3) is 33.3 Å². The summed E-state index contributed by atoms with van der Waals surface area (Å²) < 4.78 is 36.8. The molecule has 0 saturated heterocycles. The van der Waals surface area contributed by atoms with Crippen molar-refractivity contribution >= 4 is 22.1 Å². The van der Waals surface area contributed by atoms with Gasteiger partial charge in [0.05, 0.1) is 0 Å². The molecule has 0 aliphatic rings. The van der Waals surface area contributed by atoms with Gasteiger partial charge in [-0.1, -0.05) is 32.0 Å². The molecule has 0 saturated carbocycles. The summed E-state index contributed by atoms with van der Waals surface area (Å²) in [6.07, 6.45) is 1.70. The van der Waals surface area contributed by atoms with Crippen molar-refractivity contribution in [3.8, 4) is 11.3 Å². The zero-order valence-corrected chi connectivity index (χ0v) is 12.9. The first-order chi connectivity index (χ1) is 12.6. The summed E-state index contributed by atoms with van der Waals surface area (Å²) in [4.78, 5) is 8.66. The Morgan fingerprint density at radius 3 is 2.87 bits per heavy atom. The van der Waals surface area contributed by atoms with Gasteiger partial charge in [-0.05, 0) is 42.6 Å². The third-order valence-corrected chi connectivity index (χ3v) is 3.97. The molecule has 0 unspecified atom stereocenters. The van der Waals surface area contributed by atoms with Crippen LogP contribution in [0.2, 0.25) is 0 Å². The second-order valence-electron chi connectivity index (χ2n) is 5.77. The Morgan fingerprint density at radius 2 is 2.04 bits per heavy atom. The number of hydrogen-bond acceptors (Lipinski definition) is 3. The van der Waals surface area contributed by atoms with E-state index in [1.165, 1.54) is 6.07 Å². The Kier molecular flexibility index (Phi) is 2.30. The van der Waals surface area contributed by atoms with Crippen LogP contribution in [0.15, 0.2) is 53.1 Å². The van der Waals surface area contributed by atoms with Crippen LogP contribution in [0.3, 0.4) is 0 Å². The number of aryl methyl sites for hydroxylation is 1. The molecule has 3 aromatic heterocycles. The van der Waals surface area contributed by atoms with Gasteiger partial charge < -0.3 is 4.42 Å². The number of hydrogen-bond donors (Lipinski definition) is 0. The van der Waals surface area contributed by atoms with Crippen molar-refractivity contribution in [2.75, 3.05) is 0 Å². The summed E-state index contributed by atoms with van der Waals surface area (Å²) in [7, 11) is 0. The standard InChI is InChI=1S/C20H18N2O/c1-12(2)14-5-4-6-15(11-14)18-19-16(9-10-21-18)17-8-7-13(3)22-20(17)23-19/h4-12H,1-3H3/i3D3,12D. The van der Waals surface area contributed by atoms with Crippen LogP contribution in [0.4, 0.5) is 0 Å². The summed E-state index contributed by atoms with van der Waals surface area (Å²) >= 11 is 0. The number of furan rings is 1. The lowest BCUT2D eigenvalue weighted by Crippen LogP contribution is -1.89. The fourth-order valence-electron chi connectivity index (χ4n) is 2.77. The van der Waals surface area contributed by atoms with Gasteiger partial charge in [-0.25, -0.2) is 4.98 Å². The SMILES string of the molecule is [2H]C([2H])([2H])c1ccc2c(n1)oc1c(-c3cccc(C([2H])(C)C)c3)nccc12. The lowest BCUT2D eigenvalue weighted by Gasteiger charge is -2.08. The zero-order valence-electron chi connectivity index (χ0n) is 16.9. The van der Waals surface area contributed by atoms with E-state index in [9.17, 15) is 0 Å². The Labute approximate surface area is 140 Å². The molecule has 0 bridgehead atoms. The van der Waals surface area contributed by atoms with Gasteiger partial charge in [0, 0.05) is 33.7 Å². The molecule has 114 valence electrons. The summed E-state index contributed by atoms with van der Waals surface area (Å²) in [5, 5.41) is 1.58. The molecule has 0 spiro atoms. The van der Waals surface area contributed by atoms with Crippen molar-refractivity contribution in [3.63, 3.8) is 0 Å². The van der Waals surface area contributed by atoms with Crippen LogP contribution in [-0.2, 0) is 0 Å². The van der Waals surface area contributed by atoms with E-state index in [1.807, 2.05) is 44.2 Å². The van der Waals surface area contributed by atoms with E-state index in [0.717, 1.165) is 21.9 Å². The molecular weight excluding hydrogens is 284 g/mol. The maximum Gasteiger partial charge on any atom is 0.227 e. The van der Waals surface area contributed by atoms with Crippen LogP contribution in [-0.4, -0.2) is 9.97 Å². The Balaban J connectivity index is 1.95. The van der Waals surface area contributed by atoms with Crippen LogP contribution in [0, 0.1) is 6.85 Å². The number of fused-ring (bicyclic) bond motifs is 3. The summed E-state index contributed by atoms with van der Waals surface area (Å²) in [6, 6.07) is 12.7. The highest BCUT2D eigenvalue weighted by Gasteiger charge is 2.14. The normalized spacial score (nSPS) is 15.2. The minimum absolute atomic E-state index is 0.00141. The number of pyridine rings is 2. The molecule has 3 nitrogen and oxygen atoms in total. The van der Waals surface area contributed by atoms with Crippen LogP contribution < -0.4 is 0 Å². The first-order valence-electron chi connectivity index (χ1n) is 9.44. The van der Waals surface area contributed by atoms with E-state index in [0.29, 0.717) is 11.3 Å². The second kappa shape index (κ2) is 5.20. The summed E-state index contributed by atoms with van der Waals surface area (Å²) in [6.45, 7) is 1.38. The van der Waals surface area contributed by atoms with Crippen LogP contribution in [0.5, 0.6) is 0 Å². The van der Waals surface area contributed by atoms with Gasteiger partial charge >= 0.3 is 0 Å². The molecule has 3 heterocycles. The van der Waals surface area contributed by atoms with E-state index in [4.69, 9.17) is 9.90 Å². The molecule has 4 rings (SSSR count). The number of benzene rings is 1. The number of aromatic nitrogens is 2. The predicted molar refractivity (Wildman–Crippen MR) is 93.6 cm³/mol. The molecule has 4 aromatic rings. The molecule has 1 aromatic carbocycles. The van der Waals surface area contributed by atoms with Gasteiger partial charge in [-0.15, -0.1) is 0 Å². The van der Waals surface area contributed by atoms with Gasteiger partial charge in [0.2, 0.25) is 5.71 Å². The molecule has 0 atom stereocenters. The molecule has 23 heavy (non-hydrogen) atoms. The van der Waals surface area contributed by atoms with E-state index < -0.39 is 12.7 Å². The van der Waals surface area contributed by atoms with Gasteiger partial charge in [0.1, 0.15) is 5.69 Å². The smallest absolute Gasteiger partial charge is 0.227 e. The van der Waals surface area contributed by atoms with Crippen molar-refractivity contribution in [2.45, 2.75) is 26.6 Å². The largest absolute Gasteiger partial charge is 0.435 e. The van der Waals surface area contributed by atoms with Gasteiger partial charge in [0.15, 0.2) is 5.58 Å². The molecule has 3 heteroatoms. The van der Waals surface area contributed by atoms with E-state index in [2.05, 4.69) is 9.97 Å². The van der Waals surface area contributed by atoms with Crippen molar-refractivity contribution in [2.24, 2.45) is 0 Å². The molecule has 0 fully saturated rings. The van der Waals surface area contributed by atoms with Crippen molar-refractivity contribution in [1.29, 1.82) is 0 Å². The van der Waals surface area contributed by atoms with E-state index in [1.54, 1.807) is 12.3 Å². The summed E-state index contributed by atoms with van der Waals surface area (Å²) in [5.41, 5.74) is 3.20. The van der Waals surface area contributed by atoms with E-state index in [-0.39, 0.29) is 11.4 Å². The van der Waals surface area contributed by atoms with Crippen molar-refractivity contribution in [1.82, 2.24) is 9.97 Å². The first kappa shape index (κ1) is 10.2. The van der Waals surface area contributed by atoms with Crippen molar-refractivity contribution in [3.05, 3.63) is 59.9 Å². The van der Waals surface area contributed by atoms with Crippen LogP contribution in [0.1, 0.15) is 36.5 Å². The van der Waals surface area contributed by atoms with Crippen molar-refractivity contribution < 1.29 is 9.90 Å². The third-order valence-electron chi connectivity index (χ3n) is 3.97. The topological polar surface area (TPSA) is 38.9 Å². The minimum Gasteiger partial charge on any atom is -0.435 e. The van der Waals surface area contributed by atoms with E-state index >= 15 is 0 Å². The predicted octanol–water partition coefficient (Wildman–Crippen LogP) is 5.47. The number of nitrogens with zero attached hydrogens (tertiary/aromatic N) is 2. The third kappa shape index (κ3) is 2.29. The molecule has 0 aliphatic carbocycles.